The van der Waals surface area contributed by atoms with Crippen LogP contribution in [0.1, 0.15) is 15.9 Å². The van der Waals surface area contributed by atoms with Crippen molar-refractivity contribution in [1.29, 1.82) is 5.26 Å². The molecule has 0 heterocycles. The van der Waals surface area contributed by atoms with E-state index in [0.29, 0.717) is 28.2 Å². The Morgan fingerprint density at radius 1 is 0.821 bits per heavy atom. The highest BCUT2D eigenvalue weighted by atomic mass is 16.2. The first kappa shape index (κ1) is 18.7. The molecular weight excluding hydrogens is 352 g/mol. The second-order valence-corrected chi connectivity index (χ2v) is 5.96. The SMILES string of the molecule is N#Cc1cccc(NC(=O)CNc2ccccc2C(=O)Nc2ccccc2)c1. The largest absolute Gasteiger partial charge is 0.376 e. The molecular formula is C22H18N4O2. The van der Waals surface area contributed by atoms with Gasteiger partial charge in [-0.15, -0.1) is 0 Å². The number of benzene rings is 3. The standard InChI is InChI=1S/C22H18N4O2/c23-14-16-7-6-10-18(13-16)25-21(27)15-24-20-12-5-4-11-19(20)22(28)26-17-8-2-1-3-9-17/h1-13,24H,15H2,(H,25,27)(H,26,28). The van der Waals surface area contributed by atoms with Crippen molar-refractivity contribution in [2.75, 3.05) is 22.5 Å². The van der Waals surface area contributed by atoms with Crippen molar-refractivity contribution < 1.29 is 9.59 Å². The van der Waals surface area contributed by atoms with Crippen LogP contribution in [-0.4, -0.2) is 18.4 Å². The maximum atomic E-state index is 12.6. The van der Waals surface area contributed by atoms with Crippen molar-refractivity contribution in [1.82, 2.24) is 0 Å². The average Bonchev–Trinajstić information content (AvgIpc) is 2.73. The van der Waals surface area contributed by atoms with E-state index < -0.39 is 0 Å². The van der Waals surface area contributed by atoms with E-state index >= 15 is 0 Å². The summed E-state index contributed by atoms with van der Waals surface area (Å²) in [7, 11) is 0. The van der Waals surface area contributed by atoms with E-state index in [9.17, 15) is 9.59 Å². The fourth-order valence-electron chi connectivity index (χ4n) is 2.60. The lowest BCUT2D eigenvalue weighted by Gasteiger charge is -2.12. The first-order chi connectivity index (χ1) is 13.7. The molecule has 0 aromatic heterocycles. The second-order valence-electron chi connectivity index (χ2n) is 5.96. The van der Waals surface area contributed by atoms with Crippen molar-refractivity contribution in [2.45, 2.75) is 0 Å². The molecule has 0 aliphatic carbocycles. The van der Waals surface area contributed by atoms with Gasteiger partial charge in [-0.05, 0) is 42.5 Å². The molecule has 3 N–H and O–H groups in total. The lowest BCUT2D eigenvalue weighted by Crippen LogP contribution is -2.23. The molecule has 0 aliphatic rings. The Bertz CT molecular complexity index is 1030. The number of hydrogen-bond donors (Lipinski definition) is 3. The van der Waals surface area contributed by atoms with E-state index in [1.807, 2.05) is 24.3 Å². The van der Waals surface area contributed by atoms with Gasteiger partial charge in [0.2, 0.25) is 5.91 Å². The second kappa shape index (κ2) is 9.01. The van der Waals surface area contributed by atoms with E-state index in [-0.39, 0.29) is 18.4 Å². The predicted molar refractivity (Wildman–Crippen MR) is 109 cm³/mol. The number of amides is 2. The number of carbonyl (C=O) groups excluding carboxylic acids is 2. The summed E-state index contributed by atoms with van der Waals surface area (Å²) in [5.74, 6) is -0.551. The van der Waals surface area contributed by atoms with E-state index in [1.165, 1.54) is 0 Å². The summed E-state index contributed by atoms with van der Waals surface area (Å²) in [6, 6.07) is 24.8. The maximum absolute atomic E-state index is 12.6. The molecule has 0 saturated heterocycles. The minimum absolute atomic E-state index is 0.0214. The zero-order chi connectivity index (χ0) is 19.8. The third-order valence-corrected chi connectivity index (χ3v) is 3.92. The first-order valence-corrected chi connectivity index (χ1v) is 8.65. The third kappa shape index (κ3) is 4.96. The summed E-state index contributed by atoms with van der Waals surface area (Å²) in [6.07, 6.45) is 0. The Labute approximate surface area is 162 Å². The molecule has 0 bridgehead atoms. The smallest absolute Gasteiger partial charge is 0.257 e. The summed E-state index contributed by atoms with van der Waals surface area (Å²) < 4.78 is 0. The number of carbonyl (C=O) groups is 2. The number of nitrogens with zero attached hydrogens (tertiary/aromatic N) is 1. The van der Waals surface area contributed by atoms with Crippen LogP contribution in [0.3, 0.4) is 0 Å². The molecule has 0 unspecified atom stereocenters. The zero-order valence-electron chi connectivity index (χ0n) is 15.0. The number of anilines is 3. The lowest BCUT2D eigenvalue weighted by atomic mass is 10.1. The fourth-order valence-corrected chi connectivity index (χ4v) is 2.60. The van der Waals surface area contributed by atoms with Gasteiger partial charge in [-0.2, -0.15) is 5.26 Å². The van der Waals surface area contributed by atoms with Gasteiger partial charge >= 0.3 is 0 Å². The molecule has 0 radical (unpaired) electrons. The van der Waals surface area contributed by atoms with Crippen LogP contribution in [0.5, 0.6) is 0 Å². The minimum Gasteiger partial charge on any atom is -0.376 e. The topological polar surface area (TPSA) is 94.0 Å². The van der Waals surface area contributed by atoms with E-state index in [1.54, 1.807) is 60.7 Å². The molecule has 138 valence electrons. The number of nitriles is 1. The quantitative estimate of drug-likeness (QED) is 0.614. The number of para-hydroxylation sites is 2. The average molecular weight is 370 g/mol. The molecule has 0 aliphatic heterocycles. The van der Waals surface area contributed by atoms with E-state index in [2.05, 4.69) is 16.0 Å². The Morgan fingerprint density at radius 2 is 1.54 bits per heavy atom. The summed E-state index contributed by atoms with van der Waals surface area (Å²) >= 11 is 0. The first-order valence-electron chi connectivity index (χ1n) is 8.65. The van der Waals surface area contributed by atoms with Crippen molar-refractivity contribution in [3.8, 4) is 6.07 Å². The highest BCUT2D eigenvalue weighted by molar-refractivity contribution is 6.08. The molecule has 0 fully saturated rings. The predicted octanol–water partition coefficient (Wildman–Crippen LogP) is 3.86. The van der Waals surface area contributed by atoms with Crippen molar-refractivity contribution in [3.63, 3.8) is 0 Å². The van der Waals surface area contributed by atoms with Crippen molar-refractivity contribution >= 4 is 28.9 Å². The Balaban J connectivity index is 1.64. The summed E-state index contributed by atoms with van der Waals surface area (Å²) in [5.41, 5.74) is 2.69. The number of nitrogens with one attached hydrogen (secondary N) is 3. The highest BCUT2D eigenvalue weighted by Crippen LogP contribution is 2.17. The molecule has 0 spiro atoms. The van der Waals surface area contributed by atoms with Gasteiger partial charge in [0.1, 0.15) is 0 Å². The van der Waals surface area contributed by atoms with Crippen molar-refractivity contribution in [2.24, 2.45) is 0 Å². The van der Waals surface area contributed by atoms with Gasteiger partial charge in [0.05, 0.1) is 23.7 Å². The fraction of sp³-hybridized carbons (Fsp3) is 0.0455. The minimum atomic E-state index is -0.284. The molecule has 6 heteroatoms. The Morgan fingerprint density at radius 3 is 2.32 bits per heavy atom. The van der Waals surface area contributed by atoms with Gasteiger partial charge in [-0.3, -0.25) is 9.59 Å². The summed E-state index contributed by atoms with van der Waals surface area (Å²) in [6.45, 7) is -0.0214. The molecule has 3 rings (SSSR count). The maximum Gasteiger partial charge on any atom is 0.257 e. The summed E-state index contributed by atoms with van der Waals surface area (Å²) in [5, 5.41) is 17.5. The van der Waals surface area contributed by atoms with Crippen LogP contribution in [0, 0.1) is 11.3 Å². The van der Waals surface area contributed by atoms with Gasteiger partial charge in [-0.25, -0.2) is 0 Å². The van der Waals surface area contributed by atoms with Crippen molar-refractivity contribution in [3.05, 3.63) is 90.0 Å². The van der Waals surface area contributed by atoms with Crippen LogP contribution < -0.4 is 16.0 Å². The third-order valence-electron chi connectivity index (χ3n) is 3.92. The molecule has 2 amide bonds. The highest BCUT2D eigenvalue weighted by Gasteiger charge is 2.12. The molecule has 6 nitrogen and oxygen atoms in total. The van der Waals surface area contributed by atoms with E-state index in [4.69, 9.17) is 5.26 Å². The zero-order valence-corrected chi connectivity index (χ0v) is 15.0. The van der Waals surface area contributed by atoms with E-state index in [0.717, 1.165) is 0 Å². The van der Waals surface area contributed by atoms with Crippen LogP contribution in [0.15, 0.2) is 78.9 Å². The van der Waals surface area contributed by atoms with Gasteiger partial charge in [0.15, 0.2) is 0 Å². The van der Waals surface area contributed by atoms with Crippen LogP contribution in [0.2, 0.25) is 0 Å². The normalized spacial score (nSPS) is 9.82. The molecule has 0 atom stereocenters. The Hall–Kier alpha value is -4.11. The lowest BCUT2D eigenvalue weighted by molar-refractivity contribution is -0.114. The Kier molecular flexibility index (Phi) is 6.01. The van der Waals surface area contributed by atoms with Gasteiger partial charge < -0.3 is 16.0 Å². The van der Waals surface area contributed by atoms with Crippen LogP contribution >= 0.6 is 0 Å². The van der Waals surface area contributed by atoms with Crippen LogP contribution in [0.4, 0.5) is 17.1 Å². The monoisotopic (exact) mass is 370 g/mol. The van der Waals surface area contributed by atoms with Crippen LogP contribution in [-0.2, 0) is 4.79 Å². The molecule has 3 aromatic carbocycles. The van der Waals surface area contributed by atoms with Gasteiger partial charge in [0.25, 0.3) is 5.91 Å². The van der Waals surface area contributed by atoms with Crippen LogP contribution in [0.25, 0.3) is 0 Å². The summed E-state index contributed by atoms with van der Waals surface area (Å²) in [4.78, 5) is 24.8. The van der Waals surface area contributed by atoms with Gasteiger partial charge in [0, 0.05) is 17.1 Å². The van der Waals surface area contributed by atoms with Gasteiger partial charge in [-0.1, -0.05) is 36.4 Å². The molecule has 28 heavy (non-hydrogen) atoms. The number of rotatable bonds is 6. The molecule has 0 saturated carbocycles. The molecule has 3 aromatic rings. The number of hydrogen-bond acceptors (Lipinski definition) is 4.